The summed E-state index contributed by atoms with van der Waals surface area (Å²) in [4.78, 5) is 17.7. The van der Waals surface area contributed by atoms with Crippen LogP contribution in [0.25, 0.3) is 0 Å². The molecule has 2 unspecified atom stereocenters. The highest BCUT2D eigenvalue weighted by atomic mass is 31.2. The molecule has 0 aromatic carbocycles. The summed E-state index contributed by atoms with van der Waals surface area (Å²) in [5.41, 5.74) is 0. The van der Waals surface area contributed by atoms with Crippen LogP contribution in [0.4, 0.5) is 0 Å². The van der Waals surface area contributed by atoms with E-state index in [0.717, 1.165) is 19.3 Å². The van der Waals surface area contributed by atoms with Crippen LogP contribution in [0.2, 0.25) is 0 Å². The van der Waals surface area contributed by atoms with Crippen molar-refractivity contribution in [1.29, 1.82) is 0 Å². The molecule has 5 nitrogen and oxygen atoms in total. The Hall–Kier alpha value is 0.0700. The number of phosphoric ester groups is 1. The van der Waals surface area contributed by atoms with Crippen molar-refractivity contribution < 1.29 is 24.0 Å². The first-order valence-electron chi connectivity index (χ1n) is 11.3. The minimum atomic E-state index is -4.53. The van der Waals surface area contributed by atoms with Crippen molar-refractivity contribution in [3.05, 3.63) is 0 Å². The summed E-state index contributed by atoms with van der Waals surface area (Å²) in [6.45, 7) is 3.77. The third-order valence-electron chi connectivity index (χ3n) is 5.15. The maximum atomic E-state index is 10.9. The third kappa shape index (κ3) is 20.6. The molecule has 0 fully saturated rings. The molecule has 0 heterocycles. The van der Waals surface area contributed by atoms with Gasteiger partial charge >= 0.3 is 7.82 Å². The fraction of sp³-hybridized carbons (Fsp3) is 1.00. The van der Waals surface area contributed by atoms with E-state index < -0.39 is 20.0 Å². The molecule has 164 valence electrons. The summed E-state index contributed by atoms with van der Waals surface area (Å²) in [5.74, 6) is 0. The van der Waals surface area contributed by atoms with Crippen molar-refractivity contribution in [1.82, 2.24) is 0 Å². The first-order valence-corrected chi connectivity index (χ1v) is 12.8. The van der Waals surface area contributed by atoms with E-state index in [9.17, 15) is 9.67 Å². The minimum absolute atomic E-state index is 0.487. The fourth-order valence-electron chi connectivity index (χ4n) is 3.45. The smallest absolute Gasteiger partial charge is 0.391 e. The van der Waals surface area contributed by atoms with E-state index in [2.05, 4.69) is 11.4 Å². The molecule has 0 saturated heterocycles. The Labute approximate surface area is 167 Å². The van der Waals surface area contributed by atoms with Crippen molar-refractivity contribution >= 4 is 7.82 Å². The first-order chi connectivity index (χ1) is 12.9. The lowest BCUT2D eigenvalue weighted by atomic mass is 10.0. The van der Waals surface area contributed by atoms with Gasteiger partial charge in [-0.15, -0.1) is 0 Å². The van der Waals surface area contributed by atoms with E-state index >= 15 is 0 Å². The summed E-state index contributed by atoms with van der Waals surface area (Å²) in [5, 5.41) is 9.53. The molecule has 2 atom stereocenters. The van der Waals surface area contributed by atoms with Gasteiger partial charge in [0, 0.05) is 0 Å². The molecule has 0 aromatic rings. The van der Waals surface area contributed by atoms with Gasteiger partial charge in [-0.05, 0) is 13.3 Å². The predicted molar refractivity (Wildman–Crippen MR) is 113 cm³/mol. The molecule has 0 amide bonds. The summed E-state index contributed by atoms with van der Waals surface area (Å²) in [6.07, 6.45) is 19.5. The minimum Gasteiger partial charge on any atom is -0.391 e. The normalized spacial score (nSPS) is 14.4. The summed E-state index contributed by atoms with van der Waals surface area (Å²) in [6, 6.07) is 0. The van der Waals surface area contributed by atoms with E-state index in [1.807, 2.05) is 0 Å². The van der Waals surface area contributed by atoms with Crippen molar-refractivity contribution in [3.8, 4) is 0 Å². The van der Waals surface area contributed by atoms with E-state index in [1.165, 1.54) is 90.4 Å². The number of hydrogen-bond donors (Lipinski definition) is 3. The molecule has 0 radical (unpaired) electrons. The lowest BCUT2D eigenvalue weighted by Crippen LogP contribution is -2.25. The topological polar surface area (TPSA) is 87.0 Å². The van der Waals surface area contributed by atoms with Crippen LogP contribution in [0.1, 0.15) is 123 Å². The van der Waals surface area contributed by atoms with Crippen molar-refractivity contribution in [2.24, 2.45) is 0 Å². The standard InChI is InChI=1S/C21H45O5P/c1-3-4-5-6-7-8-9-10-11-12-13-14-15-16-17-18-19-21(20(2)22)26-27(23,24)25/h20-22H,3-19H2,1-2H3,(H2,23,24,25). The Morgan fingerprint density at radius 2 is 1.04 bits per heavy atom. The number of aliphatic hydroxyl groups excluding tert-OH is 1. The molecular weight excluding hydrogens is 363 g/mol. The molecule has 0 aromatic heterocycles. The van der Waals surface area contributed by atoms with E-state index in [4.69, 9.17) is 9.79 Å². The van der Waals surface area contributed by atoms with Gasteiger partial charge in [0.25, 0.3) is 0 Å². The largest absolute Gasteiger partial charge is 0.469 e. The maximum absolute atomic E-state index is 10.9. The first kappa shape index (κ1) is 27.1. The van der Waals surface area contributed by atoms with Crippen LogP contribution in [0, 0.1) is 0 Å². The lowest BCUT2D eigenvalue weighted by molar-refractivity contribution is 0.0213. The summed E-state index contributed by atoms with van der Waals surface area (Å²) in [7, 11) is -4.53. The SMILES string of the molecule is CCCCCCCCCCCCCCCCCCC(OP(=O)(O)O)C(C)O. The molecule has 0 aliphatic rings. The zero-order chi connectivity index (χ0) is 20.4. The van der Waals surface area contributed by atoms with Crippen molar-refractivity contribution in [3.63, 3.8) is 0 Å². The molecule has 0 rings (SSSR count). The number of phosphoric acid groups is 1. The molecule has 3 N–H and O–H groups in total. The third-order valence-corrected chi connectivity index (χ3v) is 5.70. The molecule has 6 heteroatoms. The highest BCUT2D eigenvalue weighted by molar-refractivity contribution is 7.46. The van der Waals surface area contributed by atoms with Gasteiger partial charge in [0.1, 0.15) is 0 Å². The summed E-state index contributed by atoms with van der Waals surface area (Å²) >= 11 is 0. The highest BCUT2D eigenvalue weighted by Crippen LogP contribution is 2.39. The second kappa shape index (κ2) is 18.1. The zero-order valence-electron chi connectivity index (χ0n) is 17.8. The molecule has 0 saturated carbocycles. The lowest BCUT2D eigenvalue weighted by Gasteiger charge is -2.20. The second-order valence-corrected chi connectivity index (χ2v) is 9.16. The Bertz CT molecular complexity index is 356. The Kier molecular flexibility index (Phi) is 18.2. The Balaban J connectivity index is 3.34. The molecule has 0 aliphatic heterocycles. The number of aliphatic hydroxyl groups is 1. The van der Waals surface area contributed by atoms with E-state index in [-0.39, 0.29) is 0 Å². The molecule has 0 bridgehead atoms. The molecule has 27 heavy (non-hydrogen) atoms. The quantitative estimate of drug-likeness (QED) is 0.158. The van der Waals surface area contributed by atoms with Crippen molar-refractivity contribution in [2.75, 3.05) is 0 Å². The van der Waals surface area contributed by atoms with Gasteiger partial charge in [-0.2, -0.15) is 0 Å². The zero-order valence-corrected chi connectivity index (χ0v) is 18.7. The second-order valence-electron chi connectivity index (χ2n) is 7.97. The van der Waals surface area contributed by atoms with E-state index in [1.54, 1.807) is 0 Å². The number of rotatable bonds is 20. The van der Waals surface area contributed by atoms with Crippen LogP contribution in [0.3, 0.4) is 0 Å². The van der Waals surface area contributed by atoms with Gasteiger partial charge in [-0.1, -0.05) is 110 Å². The summed E-state index contributed by atoms with van der Waals surface area (Å²) < 4.78 is 15.5. The predicted octanol–water partition coefficient (Wildman–Crippen LogP) is 6.50. The van der Waals surface area contributed by atoms with Crippen LogP contribution in [0.15, 0.2) is 0 Å². The fourth-order valence-corrected chi connectivity index (χ4v) is 4.09. The van der Waals surface area contributed by atoms with Gasteiger partial charge in [0.2, 0.25) is 0 Å². The Morgan fingerprint density at radius 1 is 0.704 bits per heavy atom. The highest BCUT2D eigenvalue weighted by Gasteiger charge is 2.25. The monoisotopic (exact) mass is 408 g/mol. The number of hydrogen-bond acceptors (Lipinski definition) is 3. The van der Waals surface area contributed by atoms with Gasteiger partial charge in [0.05, 0.1) is 12.2 Å². The molecular formula is C21H45O5P. The van der Waals surface area contributed by atoms with Gasteiger partial charge < -0.3 is 14.9 Å². The number of unbranched alkanes of at least 4 members (excludes halogenated alkanes) is 15. The van der Waals surface area contributed by atoms with Gasteiger partial charge in [-0.25, -0.2) is 4.57 Å². The van der Waals surface area contributed by atoms with Gasteiger partial charge in [0.15, 0.2) is 0 Å². The van der Waals surface area contributed by atoms with Crippen LogP contribution in [0.5, 0.6) is 0 Å². The average Bonchev–Trinajstić information content (AvgIpc) is 2.59. The van der Waals surface area contributed by atoms with Crippen LogP contribution in [-0.2, 0) is 9.09 Å². The molecule has 0 aliphatic carbocycles. The maximum Gasteiger partial charge on any atom is 0.469 e. The molecule has 0 spiro atoms. The van der Waals surface area contributed by atoms with Crippen molar-refractivity contribution in [2.45, 2.75) is 135 Å². The average molecular weight is 409 g/mol. The van der Waals surface area contributed by atoms with Gasteiger partial charge in [-0.3, -0.25) is 4.52 Å². The Morgan fingerprint density at radius 3 is 1.33 bits per heavy atom. The van der Waals surface area contributed by atoms with Crippen LogP contribution < -0.4 is 0 Å². The van der Waals surface area contributed by atoms with Crippen LogP contribution in [-0.4, -0.2) is 27.1 Å². The van der Waals surface area contributed by atoms with E-state index in [0.29, 0.717) is 6.42 Å². The van der Waals surface area contributed by atoms with Crippen LogP contribution >= 0.6 is 7.82 Å².